The average Bonchev–Trinajstić information content (AvgIpc) is 2.71. The van der Waals surface area contributed by atoms with Gasteiger partial charge < -0.3 is 9.73 Å². The molecule has 16 heavy (non-hydrogen) atoms. The Kier molecular flexibility index (Phi) is 3.66. The van der Waals surface area contributed by atoms with Crippen molar-refractivity contribution in [3.05, 3.63) is 24.2 Å². The molecule has 1 saturated heterocycles. The minimum Gasteiger partial charge on any atom is -0.468 e. The maximum Gasteiger partial charge on any atom is 0.117 e. The van der Waals surface area contributed by atoms with Gasteiger partial charge in [-0.2, -0.15) is 0 Å². The van der Waals surface area contributed by atoms with E-state index in [0.29, 0.717) is 0 Å². The van der Waals surface area contributed by atoms with Crippen LogP contribution in [0.15, 0.2) is 22.8 Å². The smallest absolute Gasteiger partial charge is 0.117 e. The van der Waals surface area contributed by atoms with E-state index < -0.39 is 0 Å². The molecule has 90 valence electrons. The second-order valence-corrected chi connectivity index (χ2v) is 5.17. The molecule has 2 rings (SSSR count). The molecule has 1 N–H and O–H groups in total. The van der Waals surface area contributed by atoms with Gasteiger partial charge in [0.25, 0.3) is 0 Å². The lowest BCUT2D eigenvalue weighted by Gasteiger charge is -2.40. The summed E-state index contributed by atoms with van der Waals surface area (Å²) >= 11 is 0. The molecule has 0 aromatic carbocycles. The molecule has 0 aliphatic carbocycles. The maximum absolute atomic E-state index is 5.44. The van der Waals surface area contributed by atoms with Gasteiger partial charge in [0.15, 0.2) is 0 Å². The van der Waals surface area contributed by atoms with Crippen LogP contribution >= 0.6 is 0 Å². The van der Waals surface area contributed by atoms with Gasteiger partial charge in [0.05, 0.1) is 12.8 Å². The SMILES string of the molecule is CC1(C)CCNCCCN1Cc1ccco1. The molecule has 2 heterocycles. The molecule has 0 spiro atoms. The van der Waals surface area contributed by atoms with Crippen LogP contribution in [0.3, 0.4) is 0 Å². The molecule has 1 fully saturated rings. The minimum absolute atomic E-state index is 0.250. The van der Waals surface area contributed by atoms with E-state index in [1.165, 1.54) is 12.8 Å². The predicted octanol–water partition coefficient (Wildman–Crippen LogP) is 2.24. The van der Waals surface area contributed by atoms with Crippen molar-refractivity contribution in [3.8, 4) is 0 Å². The second kappa shape index (κ2) is 5.02. The summed E-state index contributed by atoms with van der Waals surface area (Å²) in [6, 6.07) is 4.03. The average molecular weight is 222 g/mol. The van der Waals surface area contributed by atoms with Gasteiger partial charge in [0.1, 0.15) is 5.76 Å². The maximum atomic E-state index is 5.44. The molecule has 0 saturated carbocycles. The lowest BCUT2D eigenvalue weighted by molar-refractivity contribution is 0.0848. The fourth-order valence-corrected chi connectivity index (χ4v) is 2.26. The largest absolute Gasteiger partial charge is 0.468 e. The minimum atomic E-state index is 0.250. The van der Waals surface area contributed by atoms with Gasteiger partial charge in [0, 0.05) is 12.1 Å². The topological polar surface area (TPSA) is 28.4 Å². The van der Waals surface area contributed by atoms with Crippen molar-refractivity contribution < 1.29 is 4.42 Å². The van der Waals surface area contributed by atoms with Crippen molar-refractivity contribution in [3.63, 3.8) is 0 Å². The van der Waals surface area contributed by atoms with E-state index in [1.54, 1.807) is 6.26 Å². The first-order valence-electron chi connectivity index (χ1n) is 6.17. The van der Waals surface area contributed by atoms with Crippen LogP contribution in [0.5, 0.6) is 0 Å². The molecule has 0 atom stereocenters. The Labute approximate surface area is 97.8 Å². The Hall–Kier alpha value is -0.800. The number of furan rings is 1. The number of rotatable bonds is 2. The first-order chi connectivity index (χ1) is 7.68. The number of hydrogen-bond acceptors (Lipinski definition) is 3. The Morgan fingerprint density at radius 3 is 3.06 bits per heavy atom. The van der Waals surface area contributed by atoms with Gasteiger partial charge in [-0.05, 0) is 51.9 Å². The fraction of sp³-hybridized carbons (Fsp3) is 0.692. The van der Waals surface area contributed by atoms with Crippen LogP contribution in [0.4, 0.5) is 0 Å². The molecule has 1 aromatic rings. The monoisotopic (exact) mass is 222 g/mol. The Balaban J connectivity index is 2.03. The van der Waals surface area contributed by atoms with Crippen LogP contribution in [0.25, 0.3) is 0 Å². The van der Waals surface area contributed by atoms with Crippen LogP contribution in [0.1, 0.15) is 32.4 Å². The molecule has 0 amide bonds. The summed E-state index contributed by atoms with van der Waals surface area (Å²) in [7, 11) is 0. The Bertz CT molecular complexity index is 306. The van der Waals surface area contributed by atoms with Gasteiger partial charge in [-0.3, -0.25) is 4.90 Å². The van der Waals surface area contributed by atoms with E-state index in [1.807, 2.05) is 6.07 Å². The van der Waals surface area contributed by atoms with E-state index in [-0.39, 0.29) is 5.54 Å². The molecule has 3 nitrogen and oxygen atoms in total. The van der Waals surface area contributed by atoms with Crippen LogP contribution in [0.2, 0.25) is 0 Å². The van der Waals surface area contributed by atoms with E-state index in [9.17, 15) is 0 Å². The van der Waals surface area contributed by atoms with Gasteiger partial charge in [-0.25, -0.2) is 0 Å². The molecular formula is C13H22N2O. The summed E-state index contributed by atoms with van der Waals surface area (Å²) < 4.78 is 5.44. The van der Waals surface area contributed by atoms with Gasteiger partial charge in [-0.1, -0.05) is 0 Å². The van der Waals surface area contributed by atoms with E-state index in [4.69, 9.17) is 4.42 Å². The zero-order chi connectivity index (χ0) is 11.4. The molecule has 1 aliphatic rings. The quantitative estimate of drug-likeness (QED) is 0.832. The van der Waals surface area contributed by atoms with Gasteiger partial charge in [-0.15, -0.1) is 0 Å². The molecule has 0 radical (unpaired) electrons. The van der Waals surface area contributed by atoms with E-state index in [0.717, 1.165) is 31.9 Å². The normalized spacial score (nSPS) is 22.6. The third-order valence-electron chi connectivity index (χ3n) is 3.48. The summed E-state index contributed by atoms with van der Waals surface area (Å²) in [4.78, 5) is 2.53. The van der Waals surface area contributed by atoms with Crippen molar-refractivity contribution in [2.75, 3.05) is 19.6 Å². The van der Waals surface area contributed by atoms with Crippen molar-refractivity contribution in [1.82, 2.24) is 10.2 Å². The van der Waals surface area contributed by atoms with E-state index >= 15 is 0 Å². The van der Waals surface area contributed by atoms with Crippen molar-refractivity contribution in [1.29, 1.82) is 0 Å². The molecular weight excluding hydrogens is 200 g/mol. The summed E-state index contributed by atoms with van der Waals surface area (Å²) in [5.74, 6) is 1.07. The highest BCUT2D eigenvalue weighted by Gasteiger charge is 2.27. The van der Waals surface area contributed by atoms with Crippen LogP contribution < -0.4 is 5.32 Å². The highest BCUT2D eigenvalue weighted by Crippen LogP contribution is 2.22. The highest BCUT2D eigenvalue weighted by atomic mass is 16.3. The van der Waals surface area contributed by atoms with Crippen molar-refractivity contribution >= 4 is 0 Å². The number of hydrogen-bond donors (Lipinski definition) is 1. The molecule has 0 unspecified atom stereocenters. The third kappa shape index (κ3) is 2.86. The summed E-state index contributed by atoms with van der Waals surface area (Å²) in [5.41, 5.74) is 0.250. The molecule has 0 bridgehead atoms. The van der Waals surface area contributed by atoms with E-state index in [2.05, 4.69) is 30.1 Å². The lowest BCUT2D eigenvalue weighted by Crippen LogP contribution is -2.48. The van der Waals surface area contributed by atoms with Crippen LogP contribution in [-0.2, 0) is 6.54 Å². The fourth-order valence-electron chi connectivity index (χ4n) is 2.26. The number of nitrogens with one attached hydrogen (secondary N) is 1. The van der Waals surface area contributed by atoms with Crippen molar-refractivity contribution in [2.45, 2.75) is 38.8 Å². The molecule has 1 aromatic heterocycles. The van der Waals surface area contributed by atoms with Gasteiger partial charge in [0.2, 0.25) is 0 Å². The first kappa shape index (κ1) is 11.7. The zero-order valence-corrected chi connectivity index (χ0v) is 10.3. The Morgan fingerprint density at radius 2 is 2.31 bits per heavy atom. The highest BCUT2D eigenvalue weighted by molar-refractivity contribution is 4.99. The van der Waals surface area contributed by atoms with Crippen LogP contribution in [-0.4, -0.2) is 30.1 Å². The predicted molar refractivity (Wildman–Crippen MR) is 65.3 cm³/mol. The third-order valence-corrected chi connectivity index (χ3v) is 3.48. The first-order valence-corrected chi connectivity index (χ1v) is 6.17. The lowest BCUT2D eigenvalue weighted by atomic mass is 9.96. The Morgan fingerprint density at radius 1 is 1.44 bits per heavy atom. The van der Waals surface area contributed by atoms with Crippen LogP contribution in [0, 0.1) is 0 Å². The summed E-state index contributed by atoms with van der Waals surface area (Å²) in [6.07, 6.45) is 4.16. The zero-order valence-electron chi connectivity index (χ0n) is 10.3. The summed E-state index contributed by atoms with van der Waals surface area (Å²) in [6.45, 7) is 8.96. The molecule has 3 heteroatoms. The number of nitrogens with zero attached hydrogens (tertiary/aromatic N) is 1. The van der Waals surface area contributed by atoms with Crippen molar-refractivity contribution in [2.24, 2.45) is 0 Å². The molecule has 1 aliphatic heterocycles. The second-order valence-electron chi connectivity index (χ2n) is 5.17. The summed E-state index contributed by atoms with van der Waals surface area (Å²) in [5, 5.41) is 3.47. The van der Waals surface area contributed by atoms with Gasteiger partial charge >= 0.3 is 0 Å². The standard InChI is InChI=1S/C13H22N2O/c1-13(2)6-8-14-7-4-9-15(13)11-12-5-3-10-16-12/h3,5,10,14H,4,6-9,11H2,1-2H3.